The standard InChI is InChI=1S/C27H32F2N2O6S/c1-16(2)25-27(38(36,37)30-3)24(17-4-8-19(28)9-5-17)26(18-6-10-20(29)11-7-18)31(25)13-12-21(32)14-22(33)15-23(34)35/h4-11,16,21-22,30,32-33H,12-15H2,1-3H3,(H,34,35)/t21-,22-/m1/s1. The molecule has 2 atom stereocenters. The average molecular weight is 551 g/mol. The lowest BCUT2D eigenvalue weighted by Gasteiger charge is -2.20. The second kappa shape index (κ2) is 12.2. The Labute approximate surface area is 220 Å². The molecule has 0 aliphatic heterocycles. The number of carboxylic acid groups (broad SMARTS) is 1. The van der Waals surface area contributed by atoms with Crippen LogP contribution in [0.3, 0.4) is 0 Å². The zero-order valence-electron chi connectivity index (χ0n) is 21.4. The first-order valence-corrected chi connectivity index (χ1v) is 13.6. The topological polar surface area (TPSA) is 129 Å². The average Bonchev–Trinajstić information content (AvgIpc) is 3.19. The van der Waals surface area contributed by atoms with Crippen molar-refractivity contribution in [2.45, 2.75) is 62.7 Å². The number of nitrogens with one attached hydrogen (secondary N) is 1. The molecule has 1 aromatic heterocycles. The van der Waals surface area contributed by atoms with Gasteiger partial charge in [0.2, 0.25) is 10.0 Å². The van der Waals surface area contributed by atoms with Crippen LogP contribution in [-0.4, -0.2) is 53.5 Å². The van der Waals surface area contributed by atoms with Crippen molar-refractivity contribution in [3.8, 4) is 22.4 Å². The van der Waals surface area contributed by atoms with E-state index in [0.717, 1.165) is 0 Å². The lowest BCUT2D eigenvalue weighted by molar-refractivity contribution is -0.139. The molecule has 0 amide bonds. The van der Waals surface area contributed by atoms with Gasteiger partial charge in [-0.15, -0.1) is 0 Å². The van der Waals surface area contributed by atoms with Crippen molar-refractivity contribution in [1.82, 2.24) is 9.29 Å². The zero-order valence-corrected chi connectivity index (χ0v) is 22.2. The van der Waals surface area contributed by atoms with Crippen molar-refractivity contribution >= 4 is 16.0 Å². The highest BCUT2D eigenvalue weighted by molar-refractivity contribution is 7.89. The second-order valence-electron chi connectivity index (χ2n) is 9.40. The van der Waals surface area contributed by atoms with E-state index in [-0.39, 0.29) is 30.2 Å². The molecular formula is C27H32F2N2O6S. The molecule has 0 aliphatic carbocycles. The summed E-state index contributed by atoms with van der Waals surface area (Å²) in [6, 6.07) is 10.9. The summed E-state index contributed by atoms with van der Waals surface area (Å²) in [6.07, 6.45) is -2.95. The SMILES string of the molecule is CNS(=O)(=O)c1c(-c2ccc(F)cc2)c(-c2ccc(F)cc2)n(CC[C@@H](O)C[C@@H](O)CC(=O)O)c1C(C)C. The van der Waals surface area contributed by atoms with E-state index in [1.165, 1.54) is 55.6 Å². The Morgan fingerprint density at radius 2 is 1.47 bits per heavy atom. The van der Waals surface area contributed by atoms with E-state index in [4.69, 9.17) is 5.11 Å². The van der Waals surface area contributed by atoms with Crippen LogP contribution in [-0.2, 0) is 21.4 Å². The van der Waals surface area contributed by atoms with Gasteiger partial charge in [-0.1, -0.05) is 26.0 Å². The third-order valence-corrected chi connectivity index (χ3v) is 7.72. The second-order valence-corrected chi connectivity index (χ2v) is 11.2. The summed E-state index contributed by atoms with van der Waals surface area (Å²) in [4.78, 5) is 10.9. The summed E-state index contributed by atoms with van der Waals surface area (Å²) in [7, 11) is -2.77. The van der Waals surface area contributed by atoms with Gasteiger partial charge in [-0.05, 0) is 73.3 Å². The zero-order chi connectivity index (χ0) is 28.2. The van der Waals surface area contributed by atoms with Crippen molar-refractivity contribution in [2.24, 2.45) is 0 Å². The predicted octanol–water partition coefficient (Wildman–Crippen LogP) is 4.11. The molecule has 3 rings (SSSR count). The first-order chi connectivity index (χ1) is 17.9. The molecular weight excluding hydrogens is 518 g/mol. The van der Waals surface area contributed by atoms with Crippen LogP contribution in [0.2, 0.25) is 0 Å². The van der Waals surface area contributed by atoms with Gasteiger partial charge in [-0.3, -0.25) is 4.79 Å². The van der Waals surface area contributed by atoms with Gasteiger partial charge >= 0.3 is 5.97 Å². The van der Waals surface area contributed by atoms with E-state index in [1.807, 2.05) is 13.8 Å². The summed E-state index contributed by atoms with van der Waals surface area (Å²) in [5.74, 6) is -2.50. The maximum Gasteiger partial charge on any atom is 0.305 e. The maximum absolute atomic E-state index is 13.8. The lowest BCUT2D eigenvalue weighted by Crippen LogP contribution is -2.23. The van der Waals surface area contributed by atoms with Crippen LogP contribution in [0.4, 0.5) is 8.78 Å². The van der Waals surface area contributed by atoms with Crippen LogP contribution in [0.5, 0.6) is 0 Å². The van der Waals surface area contributed by atoms with Gasteiger partial charge in [-0.2, -0.15) is 0 Å². The fraction of sp³-hybridized carbons (Fsp3) is 0.370. The molecule has 2 aromatic carbocycles. The molecule has 0 bridgehead atoms. The normalized spacial score (nSPS) is 13.6. The molecule has 0 unspecified atom stereocenters. The fourth-order valence-corrected chi connectivity index (χ4v) is 5.89. The van der Waals surface area contributed by atoms with Crippen molar-refractivity contribution in [3.05, 3.63) is 65.9 Å². The molecule has 0 fully saturated rings. The number of hydrogen-bond acceptors (Lipinski definition) is 5. The summed E-state index contributed by atoms with van der Waals surface area (Å²) in [5, 5.41) is 29.4. The molecule has 1 heterocycles. The maximum atomic E-state index is 13.8. The number of aliphatic hydroxyl groups is 2. The summed E-state index contributed by atoms with van der Waals surface area (Å²) in [6.45, 7) is 3.74. The fourth-order valence-electron chi connectivity index (χ4n) is 4.58. The predicted molar refractivity (Wildman–Crippen MR) is 139 cm³/mol. The van der Waals surface area contributed by atoms with Crippen molar-refractivity contribution in [1.29, 1.82) is 0 Å². The number of aliphatic hydroxyl groups excluding tert-OH is 2. The van der Waals surface area contributed by atoms with E-state index in [9.17, 15) is 32.2 Å². The summed E-state index contributed by atoms with van der Waals surface area (Å²) < 4.78 is 58.6. The van der Waals surface area contributed by atoms with Crippen LogP contribution in [0.1, 0.15) is 44.7 Å². The van der Waals surface area contributed by atoms with Gasteiger partial charge in [0.1, 0.15) is 16.5 Å². The Bertz CT molecular complexity index is 1370. The van der Waals surface area contributed by atoms with Gasteiger partial charge in [-0.25, -0.2) is 21.9 Å². The summed E-state index contributed by atoms with van der Waals surface area (Å²) in [5.41, 5.74) is 2.10. The third kappa shape index (κ3) is 6.65. The van der Waals surface area contributed by atoms with E-state index in [0.29, 0.717) is 28.1 Å². The summed E-state index contributed by atoms with van der Waals surface area (Å²) >= 11 is 0. The number of sulfonamides is 1. The molecule has 0 spiro atoms. The molecule has 0 aliphatic rings. The minimum Gasteiger partial charge on any atom is -0.481 e. The van der Waals surface area contributed by atoms with E-state index in [1.54, 1.807) is 4.57 Å². The Balaban J connectivity index is 2.28. The van der Waals surface area contributed by atoms with Gasteiger partial charge in [0.05, 0.1) is 24.3 Å². The Hall–Kier alpha value is -3.12. The number of carboxylic acids is 1. The van der Waals surface area contributed by atoms with Crippen molar-refractivity contribution < 1.29 is 37.3 Å². The Morgan fingerprint density at radius 3 is 1.95 bits per heavy atom. The molecule has 0 saturated heterocycles. The van der Waals surface area contributed by atoms with E-state index < -0.39 is 46.3 Å². The lowest BCUT2D eigenvalue weighted by atomic mass is 10.00. The van der Waals surface area contributed by atoms with Crippen LogP contribution < -0.4 is 4.72 Å². The molecule has 8 nitrogen and oxygen atoms in total. The number of rotatable bonds is 12. The first kappa shape index (κ1) is 29.4. The van der Waals surface area contributed by atoms with Crippen LogP contribution in [0.25, 0.3) is 22.4 Å². The van der Waals surface area contributed by atoms with Crippen molar-refractivity contribution in [3.63, 3.8) is 0 Å². The molecule has 0 radical (unpaired) electrons. The third-order valence-electron chi connectivity index (χ3n) is 6.23. The monoisotopic (exact) mass is 550 g/mol. The molecule has 0 saturated carbocycles. The van der Waals surface area contributed by atoms with Crippen LogP contribution >= 0.6 is 0 Å². The van der Waals surface area contributed by atoms with Gasteiger partial charge < -0.3 is 19.9 Å². The number of hydrogen-bond donors (Lipinski definition) is 4. The smallest absolute Gasteiger partial charge is 0.305 e. The van der Waals surface area contributed by atoms with Gasteiger partial charge in [0.15, 0.2) is 0 Å². The molecule has 38 heavy (non-hydrogen) atoms. The van der Waals surface area contributed by atoms with E-state index in [2.05, 4.69) is 4.72 Å². The van der Waals surface area contributed by atoms with Crippen LogP contribution in [0, 0.1) is 11.6 Å². The number of carbonyl (C=O) groups is 1. The highest BCUT2D eigenvalue weighted by Gasteiger charge is 2.33. The Morgan fingerprint density at radius 1 is 0.947 bits per heavy atom. The van der Waals surface area contributed by atoms with Gasteiger partial charge in [0.25, 0.3) is 0 Å². The molecule has 4 N–H and O–H groups in total. The number of halogens is 2. The largest absolute Gasteiger partial charge is 0.481 e. The quantitative estimate of drug-likeness (QED) is 0.269. The molecule has 206 valence electrons. The first-order valence-electron chi connectivity index (χ1n) is 12.1. The number of nitrogens with zero attached hydrogens (tertiary/aromatic N) is 1. The highest BCUT2D eigenvalue weighted by Crippen LogP contribution is 2.44. The minimum absolute atomic E-state index is 0.0127. The van der Waals surface area contributed by atoms with Gasteiger partial charge in [0, 0.05) is 17.8 Å². The molecule has 3 aromatic rings. The Kier molecular flexibility index (Phi) is 9.42. The van der Waals surface area contributed by atoms with Crippen molar-refractivity contribution in [2.75, 3.05) is 7.05 Å². The highest BCUT2D eigenvalue weighted by atomic mass is 32.2. The van der Waals surface area contributed by atoms with Crippen LogP contribution in [0.15, 0.2) is 53.4 Å². The number of aliphatic carboxylic acids is 1. The van der Waals surface area contributed by atoms with E-state index >= 15 is 0 Å². The minimum atomic E-state index is -4.06. The number of aromatic nitrogens is 1. The molecule has 11 heteroatoms. The number of benzene rings is 2.